The highest BCUT2D eigenvalue weighted by atomic mass is 32.2. The molecular formula is C20H17F6N3O6S. The number of alkyl halides is 6. The number of rotatable bonds is 5. The number of anilines is 1. The Kier molecular flexibility index (Phi) is 6.76. The summed E-state index contributed by atoms with van der Waals surface area (Å²) in [6.07, 6.45) is -13.7. The summed E-state index contributed by atoms with van der Waals surface area (Å²) in [5.41, 5.74) is -6.66. The molecule has 0 spiro atoms. The molecular weight excluding hydrogens is 524 g/mol. The number of amides is 2. The first-order valence-corrected chi connectivity index (χ1v) is 11.3. The molecule has 196 valence electrons. The van der Waals surface area contributed by atoms with Gasteiger partial charge in [-0.05, 0) is 42.4 Å². The molecule has 0 aromatic heterocycles. The van der Waals surface area contributed by atoms with E-state index in [-0.39, 0.29) is 28.3 Å². The second kappa shape index (κ2) is 8.94. The number of hydrogen-bond donors (Lipinski definition) is 4. The highest BCUT2D eigenvalue weighted by Crippen LogP contribution is 2.50. The summed E-state index contributed by atoms with van der Waals surface area (Å²) in [7, 11) is -2.71. The summed E-state index contributed by atoms with van der Waals surface area (Å²) >= 11 is 0. The largest absolute Gasteiger partial charge is 0.465 e. The van der Waals surface area contributed by atoms with E-state index in [1.807, 2.05) is 0 Å². The van der Waals surface area contributed by atoms with Gasteiger partial charge in [0.05, 0.1) is 11.4 Å². The predicted molar refractivity (Wildman–Crippen MR) is 110 cm³/mol. The maximum atomic E-state index is 13.0. The van der Waals surface area contributed by atoms with Gasteiger partial charge in [-0.25, -0.2) is 17.9 Å². The Bertz CT molecular complexity index is 1280. The van der Waals surface area contributed by atoms with Crippen LogP contribution in [-0.4, -0.2) is 54.9 Å². The fourth-order valence-electron chi connectivity index (χ4n) is 3.67. The van der Waals surface area contributed by atoms with Gasteiger partial charge >= 0.3 is 18.4 Å². The Labute approximate surface area is 199 Å². The lowest BCUT2D eigenvalue weighted by molar-refractivity contribution is -0.376. The molecule has 0 radical (unpaired) electrons. The van der Waals surface area contributed by atoms with Crippen LogP contribution in [0.1, 0.15) is 22.7 Å². The number of nitrogens with zero attached hydrogens (tertiary/aromatic N) is 1. The van der Waals surface area contributed by atoms with Crippen molar-refractivity contribution in [3.63, 3.8) is 0 Å². The molecule has 1 atom stereocenters. The first kappa shape index (κ1) is 27.2. The zero-order chi connectivity index (χ0) is 27.3. The van der Waals surface area contributed by atoms with Crippen LogP contribution >= 0.6 is 0 Å². The SMILES string of the molecule is CNS(=O)(=O)c1ccc2c(c1)CN(C(=O)O)C2C(=O)Nc1ccc(C(O)(C(F)(F)F)C(F)(F)F)cc1. The molecule has 1 unspecified atom stereocenters. The van der Waals surface area contributed by atoms with Crippen molar-refractivity contribution in [2.75, 3.05) is 12.4 Å². The topological polar surface area (TPSA) is 136 Å². The number of carbonyl (C=O) groups excluding carboxylic acids is 1. The zero-order valence-corrected chi connectivity index (χ0v) is 18.8. The van der Waals surface area contributed by atoms with Gasteiger partial charge < -0.3 is 15.5 Å². The van der Waals surface area contributed by atoms with E-state index < -0.39 is 51.6 Å². The van der Waals surface area contributed by atoms with Crippen LogP contribution < -0.4 is 10.0 Å². The zero-order valence-electron chi connectivity index (χ0n) is 18.0. The minimum Gasteiger partial charge on any atom is -0.465 e. The van der Waals surface area contributed by atoms with Crippen LogP contribution in [0.15, 0.2) is 47.4 Å². The molecule has 0 bridgehead atoms. The molecule has 2 amide bonds. The van der Waals surface area contributed by atoms with Gasteiger partial charge in [-0.1, -0.05) is 18.2 Å². The normalized spacial score (nSPS) is 16.6. The third-order valence-corrected chi connectivity index (χ3v) is 6.94. The second-order valence-electron chi connectivity index (χ2n) is 7.65. The Balaban J connectivity index is 1.92. The molecule has 0 saturated carbocycles. The van der Waals surface area contributed by atoms with Crippen molar-refractivity contribution in [2.45, 2.75) is 35.4 Å². The van der Waals surface area contributed by atoms with Crippen LogP contribution in [0.3, 0.4) is 0 Å². The molecule has 0 fully saturated rings. The molecule has 36 heavy (non-hydrogen) atoms. The van der Waals surface area contributed by atoms with Gasteiger partial charge in [0.25, 0.3) is 11.5 Å². The van der Waals surface area contributed by atoms with Crippen molar-refractivity contribution < 1.29 is 54.6 Å². The fourth-order valence-corrected chi connectivity index (χ4v) is 4.45. The first-order chi connectivity index (χ1) is 16.4. The molecule has 16 heteroatoms. The summed E-state index contributed by atoms with van der Waals surface area (Å²) in [6.45, 7) is -0.362. The van der Waals surface area contributed by atoms with E-state index in [0.29, 0.717) is 29.2 Å². The highest BCUT2D eigenvalue weighted by Gasteiger charge is 2.71. The standard InChI is InChI=1S/C20H17F6N3O6S/c1-27-36(34,35)13-6-7-14-10(8-13)9-29(17(31)32)15(14)16(30)28-12-4-2-11(3-5-12)18(33,19(21,22)23)20(24,25)26/h2-8,15,27,33H,9H2,1H3,(H,28,30)(H,31,32). The van der Waals surface area contributed by atoms with Gasteiger partial charge in [-0.3, -0.25) is 9.69 Å². The molecule has 1 aliphatic heterocycles. The Hall–Kier alpha value is -3.37. The number of hydrogen-bond acceptors (Lipinski definition) is 5. The van der Waals surface area contributed by atoms with Gasteiger partial charge in [0, 0.05) is 11.3 Å². The summed E-state index contributed by atoms with van der Waals surface area (Å²) in [6, 6.07) is 4.05. The molecule has 1 aliphatic rings. The molecule has 2 aromatic carbocycles. The average Bonchev–Trinajstić information content (AvgIpc) is 3.17. The van der Waals surface area contributed by atoms with Crippen molar-refractivity contribution in [1.29, 1.82) is 0 Å². The van der Waals surface area contributed by atoms with Crippen LogP contribution in [0.2, 0.25) is 0 Å². The molecule has 9 nitrogen and oxygen atoms in total. The van der Waals surface area contributed by atoms with Crippen LogP contribution in [-0.2, 0) is 27.0 Å². The van der Waals surface area contributed by atoms with E-state index in [9.17, 15) is 54.6 Å². The number of sulfonamides is 1. The summed E-state index contributed by atoms with van der Waals surface area (Å²) in [5, 5.41) is 21.1. The van der Waals surface area contributed by atoms with Crippen LogP contribution in [0.5, 0.6) is 0 Å². The third kappa shape index (κ3) is 4.58. The van der Waals surface area contributed by atoms with Gasteiger partial charge in [0.15, 0.2) is 0 Å². The summed E-state index contributed by atoms with van der Waals surface area (Å²) in [4.78, 5) is 25.1. The van der Waals surface area contributed by atoms with E-state index in [4.69, 9.17) is 0 Å². The molecule has 0 aliphatic carbocycles. The number of fused-ring (bicyclic) bond motifs is 1. The number of carboxylic acid groups (broad SMARTS) is 1. The predicted octanol–water partition coefficient (Wildman–Crippen LogP) is 3.08. The van der Waals surface area contributed by atoms with Crippen molar-refractivity contribution >= 4 is 27.7 Å². The molecule has 0 saturated heterocycles. The average molecular weight is 541 g/mol. The lowest BCUT2D eigenvalue weighted by Crippen LogP contribution is -2.53. The fraction of sp³-hybridized carbons (Fsp3) is 0.300. The first-order valence-electron chi connectivity index (χ1n) is 9.77. The second-order valence-corrected chi connectivity index (χ2v) is 9.54. The van der Waals surface area contributed by atoms with Gasteiger partial charge in [-0.2, -0.15) is 26.3 Å². The maximum absolute atomic E-state index is 13.0. The lowest BCUT2D eigenvalue weighted by Gasteiger charge is -2.32. The van der Waals surface area contributed by atoms with Gasteiger partial charge in [0.2, 0.25) is 10.0 Å². The Morgan fingerprint density at radius 1 is 1.00 bits per heavy atom. The third-order valence-electron chi connectivity index (χ3n) is 5.53. The van der Waals surface area contributed by atoms with E-state index in [0.717, 1.165) is 13.1 Å². The van der Waals surface area contributed by atoms with E-state index >= 15 is 0 Å². The van der Waals surface area contributed by atoms with Crippen LogP contribution in [0.4, 0.5) is 36.8 Å². The van der Waals surface area contributed by atoms with E-state index in [1.165, 1.54) is 12.1 Å². The lowest BCUT2D eigenvalue weighted by atomic mass is 9.92. The Morgan fingerprint density at radius 3 is 2.03 bits per heavy atom. The van der Waals surface area contributed by atoms with E-state index in [1.54, 1.807) is 0 Å². The number of halogens is 6. The molecule has 3 rings (SSSR count). The summed E-state index contributed by atoms with van der Waals surface area (Å²) < 4.78 is 104. The maximum Gasteiger partial charge on any atom is 0.430 e. The number of benzene rings is 2. The van der Waals surface area contributed by atoms with Crippen LogP contribution in [0.25, 0.3) is 0 Å². The highest BCUT2D eigenvalue weighted by molar-refractivity contribution is 7.89. The number of nitrogens with one attached hydrogen (secondary N) is 2. The summed E-state index contributed by atoms with van der Waals surface area (Å²) in [5.74, 6) is -1.00. The van der Waals surface area contributed by atoms with Crippen molar-refractivity contribution in [3.8, 4) is 0 Å². The minimum absolute atomic E-state index is 0.130. The smallest absolute Gasteiger partial charge is 0.430 e. The Morgan fingerprint density at radius 2 is 1.56 bits per heavy atom. The van der Waals surface area contributed by atoms with Crippen LogP contribution in [0, 0.1) is 0 Å². The number of aliphatic hydroxyl groups is 1. The minimum atomic E-state index is -6.09. The monoisotopic (exact) mass is 541 g/mol. The van der Waals surface area contributed by atoms with Gasteiger partial charge in [0.1, 0.15) is 6.04 Å². The molecule has 4 N–H and O–H groups in total. The molecule has 2 aromatic rings. The van der Waals surface area contributed by atoms with Gasteiger partial charge in [-0.15, -0.1) is 0 Å². The van der Waals surface area contributed by atoms with Crippen molar-refractivity contribution in [2.24, 2.45) is 0 Å². The molecule has 1 heterocycles. The van der Waals surface area contributed by atoms with E-state index in [2.05, 4.69) is 10.0 Å². The number of carbonyl (C=O) groups is 2. The van der Waals surface area contributed by atoms with Crippen molar-refractivity contribution in [3.05, 3.63) is 59.2 Å². The van der Waals surface area contributed by atoms with Crippen molar-refractivity contribution in [1.82, 2.24) is 9.62 Å². The quantitative estimate of drug-likeness (QED) is 0.430.